The quantitative estimate of drug-likeness (QED) is 0.711. The number of nitrogens with one attached hydrogen (secondary N) is 1. The lowest BCUT2D eigenvalue weighted by Gasteiger charge is -2.16. The molecule has 0 unspecified atom stereocenters. The minimum atomic E-state index is -4.73. The average Bonchev–Trinajstić information content (AvgIpc) is 3.25. The Balaban J connectivity index is 1.85. The first-order chi connectivity index (χ1) is 11.2. The molecule has 1 aromatic carbocycles. The number of ether oxygens (including phenoxy) is 1. The standard InChI is InChI=1S/C16H18F3NO4/c17-16(18,19)24-12-5-3-11(4-6-12)10-15(7-8-15)14(23)20-9-1-2-13(21)22/h3-6H,1-2,7-10H2,(H,20,23)(H,21,22). The van der Waals surface area contributed by atoms with E-state index >= 15 is 0 Å². The van der Waals surface area contributed by atoms with Crippen molar-refractivity contribution in [3.63, 3.8) is 0 Å². The van der Waals surface area contributed by atoms with E-state index in [4.69, 9.17) is 5.11 Å². The van der Waals surface area contributed by atoms with Crippen molar-refractivity contribution >= 4 is 11.9 Å². The highest BCUT2D eigenvalue weighted by atomic mass is 19.4. The third-order valence-electron chi connectivity index (χ3n) is 3.89. The van der Waals surface area contributed by atoms with Gasteiger partial charge in [-0.2, -0.15) is 0 Å². The fourth-order valence-electron chi connectivity index (χ4n) is 2.46. The summed E-state index contributed by atoms with van der Waals surface area (Å²) in [5.41, 5.74) is 0.220. The van der Waals surface area contributed by atoms with Crippen molar-refractivity contribution in [3.05, 3.63) is 29.8 Å². The Morgan fingerprint density at radius 3 is 2.33 bits per heavy atom. The highest BCUT2D eigenvalue weighted by Crippen LogP contribution is 2.48. The number of hydrogen-bond acceptors (Lipinski definition) is 3. The van der Waals surface area contributed by atoms with Crippen LogP contribution in [-0.4, -0.2) is 29.9 Å². The third kappa shape index (κ3) is 5.43. The van der Waals surface area contributed by atoms with Gasteiger partial charge < -0.3 is 15.2 Å². The maximum Gasteiger partial charge on any atom is 0.573 e. The SMILES string of the molecule is O=C(O)CCCNC(=O)C1(Cc2ccc(OC(F)(F)F)cc2)CC1. The van der Waals surface area contributed by atoms with E-state index in [1.807, 2.05) is 0 Å². The van der Waals surface area contributed by atoms with Crippen LogP contribution in [0.5, 0.6) is 5.75 Å². The number of carbonyl (C=O) groups excluding carboxylic acids is 1. The van der Waals surface area contributed by atoms with Crippen molar-refractivity contribution in [2.24, 2.45) is 5.41 Å². The minimum absolute atomic E-state index is 0.00600. The molecule has 24 heavy (non-hydrogen) atoms. The van der Waals surface area contributed by atoms with Gasteiger partial charge in [0.2, 0.25) is 5.91 Å². The Morgan fingerprint density at radius 2 is 1.83 bits per heavy atom. The van der Waals surface area contributed by atoms with Crippen molar-refractivity contribution in [3.8, 4) is 5.75 Å². The predicted octanol–water partition coefficient (Wildman–Crippen LogP) is 2.89. The van der Waals surface area contributed by atoms with Crippen molar-refractivity contribution in [2.45, 2.75) is 38.5 Å². The van der Waals surface area contributed by atoms with E-state index in [0.717, 1.165) is 5.56 Å². The second kappa shape index (κ2) is 7.11. The van der Waals surface area contributed by atoms with Gasteiger partial charge in [-0.3, -0.25) is 9.59 Å². The Morgan fingerprint density at radius 1 is 1.21 bits per heavy atom. The molecular weight excluding hydrogens is 327 g/mol. The highest BCUT2D eigenvalue weighted by molar-refractivity contribution is 5.85. The van der Waals surface area contributed by atoms with Gasteiger partial charge in [0, 0.05) is 13.0 Å². The molecule has 1 aliphatic carbocycles. The van der Waals surface area contributed by atoms with E-state index in [9.17, 15) is 22.8 Å². The molecule has 0 saturated heterocycles. The first kappa shape index (κ1) is 18.1. The number of alkyl halides is 3. The first-order valence-electron chi connectivity index (χ1n) is 7.55. The van der Waals surface area contributed by atoms with E-state index in [1.165, 1.54) is 24.3 Å². The second-order valence-corrected chi connectivity index (χ2v) is 5.90. The molecule has 0 atom stereocenters. The van der Waals surface area contributed by atoms with Crippen molar-refractivity contribution in [2.75, 3.05) is 6.54 Å². The van der Waals surface area contributed by atoms with Gasteiger partial charge in [-0.15, -0.1) is 13.2 Å². The van der Waals surface area contributed by atoms with Gasteiger partial charge >= 0.3 is 12.3 Å². The molecule has 0 aromatic heterocycles. The zero-order chi connectivity index (χ0) is 17.8. The molecule has 2 N–H and O–H groups in total. The number of hydrogen-bond donors (Lipinski definition) is 2. The fraction of sp³-hybridized carbons (Fsp3) is 0.500. The lowest BCUT2D eigenvalue weighted by molar-refractivity contribution is -0.274. The summed E-state index contributed by atoms with van der Waals surface area (Å²) in [7, 11) is 0. The van der Waals surface area contributed by atoms with Crippen LogP contribution in [0.3, 0.4) is 0 Å². The molecule has 132 valence electrons. The maximum absolute atomic E-state index is 12.2. The van der Waals surface area contributed by atoms with Crippen LogP contribution in [0.4, 0.5) is 13.2 Å². The zero-order valence-corrected chi connectivity index (χ0v) is 12.9. The number of halogens is 3. The Labute approximate surface area is 136 Å². The summed E-state index contributed by atoms with van der Waals surface area (Å²) in [5, 5.41) is 11.3. The van der Waals surface area contributed by atoms with E-state index in [1.54, 1.807) is 0 Å². The van der Waals surface area contributed by atoms with Crippen LogP contribution in [0.1, 0.15) is 31.2 Å². The second-order valence-electron chi connectivity index (χ2n) is 5.90. The van der Waals surface area contributed by atoms with Crippen LogP contribution in [0.2, 0.25) is 0 Å². The van der Waals surface area contributed by atoms with Crippen LogP contribution < -0.4 is 10.1 Å². The topological polar surface area (TPSA) is 75.6 Å². The molecule has 1 fully saturated rings. The molecule has 0 bridgehead atoms. The summed E-state index contributed by atoms with van der Waals surface area (Å²) in [6, 6.07) is 5.48. The number of carboxylic acids is 1. The molecule has 0 spiro atoms. The minimum Gasteiger partial charge on any atom is -0.481 e. The van der Waals surface area contributed by atoms with Gasteiger partial charge in [0.15, 0.2) is 0 Å². The number of amides is 1. The monoisotopic (exact) mass is 345 g/mol. The largest absolute Gasteiger partial charge is 0.573 e. The van der Waals surface area contributed by atoms with E-state index in [2.05, 4.69) is 10.1 Å². The molecule has 1 aromatic rings. The van der Waals surface area contributed by atoms with Crippen LogP contribution in [0.25, 0.3) is 0 Å². The average molecular weight is 345 g/mol. The molecule has 8 heteroatoms. The summed E-state index contributed by atoms with van der Waals surface area (Å²) in [4.78, 5) is 22.6. The van der Waals surface area contributed by atoms with Crippen molar-refractivity contribution in [1.29, 1.82) is 0 Å². The highest BCUT2D eigenvalue weighted by Gasteiger charge is 2.49. The Kier molecular flexibility index (Phi) is 5.36. The maximum atomic E-state index is 12.2. The first-order valence-corrected chi connectivity index (χ1v) is 7.55. The Hall–Kier alpha value is -2.25. The van der Waals surface area contributed by atoms with Gasteiger partial charge in [-0.05, 0) is 43.4 Å². The van der Waals surface area contributed by atoms with Gasteiger partial charge in [0.25, 0.3) is 0 Å². The van der Waals surface area contributed by atoms with Gasteiger partial charge in [-0.25, -0.2) is 0 Å². The summed E-state index contributed by atoms with van der Waals surface area (Å²) in [5.74, 6) is -1.34. The smallest absolute Gasteiger partial charge is 0.481 e. The molecule has 0 heterocycles. The van der Waals surface area contributed by atoms with Crippen molar-refractivity contribution in [1.82, 2.24) is 5.32 Å². The number of carbonyl (C=O) groups is 2. The Bertz CT molecular complexity index is 594. The normalized spacial score (nSPS) is 15.6. The summed E-state index contributed by atoms with van der Waals surface area (Å²) < 4.78 is 40.2. The molecule has 5 nitrogen and oxygen atoms in total. The molecular formula is C16H18F3NO4. The van der Waals surface area contributed by atoms with E-state index < -0.39 is 17.7 Å². The van der Waals surface area contributed by atoms with Gasteiger partial charge in [0.1, 0.15) is 5.75 Å². The number of carboxylic acid groups (broad SMARTS) is 1. The van der Waals surface area contributed by atoms with E-state index in [-0.39, 0.29) is 18.1 Å². The third-order valence-corrected chi connectivity index (χ3v) is 3.89. The number of aliphatic carboxylic acids is 1. The molecule has 0 radical (unpaired) electrons. The molecule has 2 rings (SSSR count). The number of benzene rings is 1. The van der Waals surface area contributed by atoms with E-state index in [0.29, 0.717) is 32.2 Å². The van der Waals surface area contributed by atoms with Gasteiger partial charge in [0.05, 0.1) is 5.41 Å². The fourth-order valence-corrected chi connectivity index (χ4v) is 2.46. The molecule has 1 saturated carbocycles. The predicted molar refractivity (Wildman–Crippen MR) is 78.4 cm³/mol. The van der Waals surface area contributed by atoms with Crippen LogP contribution in [0.15, 0.2) is 24.3 Å². The van der Waals surface area contributed by atoms with Crippen LogP contribution in [0, 0.1) is 5.41 Å². The summed E-state index contributed by atoms with van der Waals surface area (Å²) >= 11 is 0. The van der Waals surface area contributed by atoms with Gasteiger partial charge in [-0.1, -0.05) is 12.1 Å². The summed E-state index contributed by atoms with van der Waals surface area (Å²) in [6.45, 7) is 0.297. The molecule has 1 amide bonds. The van der Waals surface area contributed by atoms with Crippen molar-refractivity contribution < 1.29 is 32.6 Å². The lowest BCUT2D eigenvalue weighted by Crippen LogP contribution is -2.34. The molecule has 1 aliphatic rings. The lowest BCUT2D eigenvalue weighted by atomic mass is 9.95. The van der Waals surface area contributed by atoms with Crippen LogP contribution >= 0.6 is 0 Å². The molecule has 0 aliphatic heterocycles. The van der Waals surface area contributed by atoms with Crippen LogP contribution in [-0.2, 0) is 16.0 Å². The number of rotatable bonds is 8. The summed E-state index contributed by atoms with van der Waals surface area (Å²) in [6.07, 6.45) is -2.52. The zero-order valence-electron chi connectivity index (χ0n) is 12.9.